The molecule has 0 aliphatic carbocycles. The lowest BCUT2D eigenvalue weighted by atomic mass is 10.2. The minimum atomic E-state index is 0.0841. The number of benzene rings is 1. The van der Waals surface area contributed by atoms with E-state index in [1.807, 2.05) is 37.2 Å². The van der Waals surface area contributed by atoms with Gasteiger partial charge in [-0.1, -0.05) is 6.07 Å². The van der Waals surface area contributed by atoms with Gasteiger partial charge in [0.1, 0.15) is 13.2 Å². The van der Waals surface area contributed by atoms with Gasteiger partial charge in [-0.25, -0.2) is 0 Å². The van der Waals surface area contributed by atoms with Gasteiger partial charge in [-0.2, -0.15) is 12.6 Å². The molecule has 1 aromatic carbocycles. The summed E-state index contributed by atoms with van der Waals surface area (Å²) in [6, 6.07) is 5.95. The summed E-state index contributed by atoms with van der Waals surface area (Å²) in [5, 5.41) is 0.0841. The molecule has 1 aliphatic heterocycles. The Labute approximate surface area is 95.4 Å². The summed E-state index contributed by atoms with van der Waals surface area (Å²) in [4.78, 5) is 2.04. The van der Waals surface area contributed by atoms with Crippen LogP contribution < -0.4 is 9.47 Å². The highest BCUT2D eigenvalue weighted by molar-refractivity contribution is 7.80. The zero-order valence-electron chi connectivity index (χ0n) is 8.93. The summed E-state index contributed by atoms with van der Waals surface area (Å²) in [5.41, 5.74) is 1.12. The quantitative estimate of drug-likeness (QED) is 0.614. The van der Waals surface area contributed by atoms with Crippen molar-refractivity contribution in [2.45, 2.75) is 5.37 Å². The Balaban J connectivity index is 2.27. The van der Waals surface area contributed by atoms with Crippen molar-refractivity contribution in [1.29, 1.82) is 0 Å². The van der Waals surface area contributed by atoms with Crippen molar-refractivity contribution in [2.24, 2.45) is 0 Å². The number of fused-ring (bicyclic) bond motifs is 1. The molecule has 1 aromatic rings. The molecular formula is C11H15NO2S. The first-order valence-electron chi connectivity index (χ1n) is 4.92. The maximum Gasteiger partial charge on any atom is 0.161 e. The fourth-order valence-corrected chi connectivity index (χ4v) is 1.68. The summed E-state index contributed by atoms with van der Waals surface area (Å²) in [7, 11) is 3.99. The van der Waals surface area contributed by atoms with Crippen LogP contribution in [0.1, 0.15) is 10.9 Å². The van der Waals surface area contributed by atoms with Crippen LogP contribution in [0.5, 0.6) is 11.5 Å². The predicted molar refractivity (Wildman–Crippen MR) is 62.8 cm³/mol. The second kappa shape index (κ2) is 4.33. The van der Waals surface area contributed by atoms with Gasteiger partial charge in [-0.15, -0.1) is 0 Å². The molecule has 1 heterocycles. The smallest absolute Gasteiger partial charge is 0.161 e. The van der Waals surface area contributed by atoms with Crippen molar-refractivity contribution in [3.8, 4) is 11.5 Å². The topological polar surface area (TPSA) is 21.7 Å². The standard InChI is InChI=1S/C11H15NO2S/c1-12(2)11(15)8-3-4-9-10(7-8)14-6-5-13-9/h3-4,7,11,15H,5-6H2,1-2H3. The maximum atomic E-state index is 5.52. The van der Waals surface area contributed by atoms with Crippen molar-refractivity contribution in [3.05, 3.63) is 23.8 Å². The van der Waals surface area contributed by atoms with Gasteiger partial charge >= 0.3 is 0 Å². The molecule has 15 heavy (non-hydrogen) atoms. The molecule has 1 aliphatic rings. The van der Waals surface area contributed by atoms with Crippen molar-refractivity contribution in [3.63, 3.8) is 0 Å². The van der Waals surface area contributed by atoms with Gasteiger partial charge in [0.15, 0.2) is 11.5 Å². The van der Waals surface area contributed by atoms with E-state index >= 15 is 0 Å². The van der Waals surface area contributed by atoms with Crippen molar-refractivity contribution >= 4 is 12.6 Å². The number of hydrogen-bond donors (Lipinski definition) is 1. The van der Waals surface area contributed by atoms with Gasteiger partial charge in [0.05, 0.1) is 5.37 Å². The van der Waals surface area contributed by atoms with Gasteiger partial charge in [0.2, 0.25) is 0 Å². The SMILES string of the molecule is CN(C)C(S)c1ccc2c(c1)OCCO2. The van der Waals surface area contributed by atoms with Gasteiger partial charge in [0.25, 0.3) is 0 Å². The van der Waals surface area contributed by atoms with Gasteiger partial charge in [0, 0.05) is 0 Å². The lowest BCUT2D eigenvalue weighted by Gasteiger charge is -2.23. The number of ether oxygens (including phenoxy) is 2. The first-order chi connectivity index (χ1) is 7.18. The van der Waals surface area contributed by atoms with Crippen LogP contribution in [0.4, 0.5) is 0 Å². The molecule has 0 saturated heterocycles. The van der Waals surface area contributed by atoms with Crippen molar-refractivity contribution in [1.82, 2.24) is 4.90 Å². The Bertz CT molecular complexity index is 354. The van der Waals surface area contributed by atoms with Gasteiger partial charge < -0.3 is 9.47 Å². The Hall–Kier alpha value is -0.870. The van der Waals surface area contributed by atoms with E-state index in [-0.39, 0.29) is 5.37 Å². The van der Waals surface area contributed by atoms with Crippen LogP contribution in [0.2, 0.25) is 0 Å². The monoisotopic (exact) mass is 225 g/mol. The third-order valence-corrected chi connectivity index (χ3v) is 3.11. The Morgan fingerprint density at radius 2 is 1.87 bits per heavy atom. The molecule has 0 bridgehead atoms. The van der Waals surface area contributed by atoms with Crippen LogP contribution in [0.15, 0.2) is 18.2 Å². The largest absolute Gasteiger partial charge is 0.486 e. The van der Waals surface area contributed by atoms with Crippen LogP contribution in [-0.4, -0.2) is 32.2 Å². The van der Waals surface area contributed by atoms with Gasteiger partial charge in [-0.3, -0.25) is 4.90 Å². The highest BCUT2D eigenvalue weighted by Crippen LogP contribution is 2.34. The number of rotatable bonds is 2. The van der Waals surface area contributed by atoms with E-state index in [1.54, 1.807) is 0 Å². The summed E-state index contributed by atoms with van der Waals surface area (Å²) < 4.78 is 11.0. The molecule has 1 unspecified atom stereocenters. The number of nitrogens with zero attached hydrogens (tertiary/aromatic N) is 1. The summed E-state index contributed by atoms with van der Waals surface area (Å²) in [6.45, 7) is 1.25. The molecule has 1 atom stereocenters. The lowest BCUT2D eigenvalue weighted by Crippen LogP contribution is -2.17. The molecule has 0 spiro atoms. The molecule has 0 amide bonds. The van der Waals surface area contributed by atoms with E-state index in [4.69, 9.17) is 9.47 Å². The van der Waals surface area contributed by atoms with E-state index in [2.05, 4.69) is 12.6 Å². The molecule has 0 saturated carbocycles. The molecule has 82 valence electrons. The molecule has 0 N–H and O–H groups in total. The second-order valence-electron chi connectivity index (χ2n) is 3.74. The predicted octanol–water partition coefficient (Wildman–Crippen LogP) is 1.95. The molecule has 2 rings (SSSR count). The van der Waals surface area contributed by atoms with E-state index < -0.39 is 0 Å². The van der Waals surface area contributed by atoms with Gasteiger partial charge in [-0.05, 0) is 31.8 Å². The van der Waals surface area contributed by atoms with Crippen LogP contribution in [0, 0.1) is 0 Å². The fourth-order valence-electron chi connectivity index (χ4n) is 1.52. The number of thiol groups is 1. The van der Waals surface area contributed by atoms with E-state index in [0.717, 1.165) is 17.1 Å². The van der Waals surface area contributed by atoms with E-state index in [9.17, 15) is 0 Å². The first kappa shape index (κ1) is 10.6. The van der Waals surface area contributed by atoms with Crippen LogP contribution >= 0.6 is 12.6 Å². The third kappa shape index (κ3) is 2.21. The van der Waals surface area contributed by atoms with Crippen molar-refractivity contribution in [2.75, 3.05) is 27.3 Å². The minimum Gasteiger partial charge on any atom is -0.486 e. The zero-order valence-corrected chi connectivity index (χ0v) is 9.83. The number of hydrogen-bond acceptors (Lipinski definition) is 4. The van der Waals surface area contributed by atoms with Crippen molar-refractivity contribution < 1.29 is 9.47 Å². The maximum absolute atomic E-state index is 5.52. The Morgan fingerprint density at radius 3 is 2.53 bits per heavy atom. The molecule has 3 nitrogen and oxygen atoms in total. The Morgan fingerprint density at radius 1 is 1.20 bits per heavy atom. The average molecular weight is 225 g/mol. The summed E-state index contributed by atoms with van der Waals surface area (Å²) >= 11 is 4.51. The highest BCUT2D eigenvalue weighted by Gasteiger charge is 2.15. The second-order valence-corrected chi connectivity index (χ2v) is 4.23. The summed E-state index contributed by atoms with van der Waals surface area (Å²) in [5.74, 6) is 1.64. The van der Waals surface area contributed by atoms with Crippen LogP contribution in [0.25, 0.3) is 0 Å². The first-order valence-corrected chi connectivity index (χ1v) is 5.44. The van der Waals surface area contributed by atoms with E-state index in [1.165, 1.54) is 0 Å². The summed E-state index contributed by atoms with van der Waals surface area (Å²) in [6.07, 6.45) is 0. The fraction of sp³-hybridized carbons (Fsp3) is 0.455. The molecular weight excluding hydrogens is 210 g/mol. The van der Waals surface area contributed by atoms with Crippen LogP contribution in [-0.2, 0) is 0 Å². The van der Waals surface area contributed by atoms with Crippen LogP contribution in [0.3, 0.4) is 0 Å². The third-order valence-electron chi connectivity index (χ3n) is 2.35. The molecule has 4 heteroatoms. The zero-order chi connectivity index (χ0) is 10.8. The highest BCUT2D eigenvalue weighted by atomic mass is 32.1. The normalized spacial score (nSPS) is 16.5. The Kier molecular flexibility index (Phi) is 3.07. The van der Waals surface area contributed by atoms with E-state index in [0.29, 0.717) is 13.2 Å². The molecule has 0 aromatic heterocycles. The minimum absolute atomic E-state index is 0.0841. The molecule has 0 radical (unpaired) electrons. The average Bonchev–Trinajstić information content (AvgIpc) is 2.27. The molecule has 0 fully saturated rings. The lowest BCUT2D eigenvalue weighted by molar-refractivity contribution is 0.171.